The van der Waals surface area contributed by atoms with Gasteiger partial charge in [-0.2, -0.15) is 0 Å². The van der Waals surface area contributed by atoms with Crippen molar-refractivity contribution >= 4 is 5.69 Å². The van der Waals surface area contributed by atoms with E-state index in [1.807, 2.05) is 0 Å². The fourth-order valence-corrected chi connectivity index (χ4v) is 3.05. The van der Waals surface area contributed by atoms with Gasteiger partial charge in [0.1, 0.15) is 5.75 Å². The first kappa shape index (κ1) is 13.7. The van der Waals surface area contributed by atoms with Crippen LogP contribution in [-0.2, 0) is 0 Å². The maximum absolute atomic E-state index is 5.72. The summed E-state index contributed by atoms with van der Waals surface area (Å²) in [5.74, 6) is 1.87. The quantitative estimate of drug-likeness (QED) is 0.913. The second-order valence-corrected chi connectivity index (χ2v) is 6.51. The van der Waals surface area contributed by atoms with Crippen molar-refractivity contribution in [3.05, 3.63) is 24.3 Å². The van der Waals surface area contributed by atoms with E-state index in [9.17, 15) is 0 Å². The summed E-state index contributed by atoms with van der Waals surface area (Å²) in [5, 5.41) is 3.70. The lowest BCUT2D eigenvalue weighted by Crippen LogP contribution is -2.56. The highest BCUT2D eigenvalue weighted by molar-refractivity contribution is 5.50. The minimum atomic E-state index is 0.234. The highest BCUT2D eigenvalue weighted by atomic mass is 16.5. The van der Waals surface area contributed by atoms with Crippen molar-refractivity contribution in [2.75, 3.05) is 18.0 Å². The van der Waals surface area contributed by atoms with E-state index in [4.69, 9.17) is 4.74 Å². The number of anilines is 1. The molecular weight excluding hydrogens is 248 g/mol. The zero-order chi connectivity index (χ0) is 14.1. The van der Waals surface area contributed by atoms with E-state index in [0.717, 1.165) is 24.8 Å². The predicted molar refractivity (Wildman–Crippen MR) is 83.5 cm³/mol. The minimum absolute atomic E-state index is 0.234. The molecule has 2 unspecified atom stereocenters. The third kappa shape index (κ3) is 3.09. The van der Waals surface area contributed by atoms with E-state index in [-0.39, 0.29) is 6.10 Å². The van der Waals surface area contributed by atoms with Crippen LogP contribution in [0.4, 0.5) is 5.69 Å². The summed E-state index contributed by atoms with van der Waals surface area (Å²) in [5.41, 5.74) is 1.32. The molecule has 20 heavy (non-hydrogen) atoms. The number of ether oxygens (including phenoxy) is 1. The second kappa shape index (κ2) is 5.65. The van der Waals surface area contributed by atoms with Gasteiger partial charge in [0, 0.05) is 30.9 Å². The number of hydrogen-bond acceptors (Lipinski definition) is 3. The third-order valence-electron chi connectivity index (χ3n) is 4.33. The highest BCUT2D eigenvalue weighted by Gasteiger charge is 2.36. The summed E-state index contributed by atoms with van der Waals surface area (Å²) < 4.78 is 5.72. The van der Waals surface area contributed by atoms with Crippen LogP contribution in [0.5, 0.6) is 5.75 Å². The van der Waals surface area contributed by atoms with Crippen LogP contribution in [-0.4, -0.2) is 31.3 Å². The first-order valence-electron chi connectivity index (χ1n) is 7.90. The molecule has 1 N–H and O–H groups in total. The van der Waals surface area contributed by atoms with Gasteiger partial charge in [-0.05, 0) is 63.8 Å². The van der Waals surface area contributed by atoms with E-state index in [0.29, 0.717) is 12.1 Å². The Morgan fingerprint density at radius 3 is 2.50 bits per heavy atom. The molecule has 1 aromatic carbocycles. The molecule has 2 aliphatic rings. The standard InChI is InChI=1S/C17H26N2O/c1-12(2)20-16-8-6-15(7-9-16)19-11-17(14-4-5-14)18-10-13(19)3/h6-9,12-14,17-18H,4-5,10-11H2,1-3H3. The molecule has 0 aromatic heterocycles. The highest BCUT2D eigenvalue weighted by Crippen LogP contribution is 2.35. The lowest BCUT2D eigenvalue weighted by molar-refractivity contribution is 0.242. The van der Waals surface area contributed by atoms with Gasteiger partial charge in [-0.3, -0.25) is 0 Å². The first-order valence-corrected chi connectivity index (χ1v) is 7.90. The van der Waals surface area contributed by atoms with Crippen molar-refractivity contribution in [2.24, 2.45) is 5.92 Å². The minimum Gasteiger partial charge on any atom is -0.491 e. The van der Waals surface area contributed by atoms with Gasteiger partial charge in [-0.15, -0.1) is 0 Å². The summed E-state index contributed by atoms with van der Waals surface area (Å²) >= 11 is 0. The van der Waals surface area contributed by atoms with Crippen LogP contribution in [0, 0.1) is 5.92 Å². The average molecular weight is 274 g/mol. The van der Waals surface area contributed by atoms with Gasteiger partial charge in [0.15, 0.2) is 0 Å². The molecule has 1 aromatic rings. The van der Waals surface area contributed by atoms with E-state index in [1.165, 1.54) is 18.5 Å². The maximum Gasteiger partial charge on any atom is 0.119 e. The molecule has 3 nitrogen and oxygen atoms in total. The Bertz CT molecular complexity index is 439. The van der Waals surface area contributed by atoms with E-state index in [2.05, 4.69) is 55.3 Å². The third-order valence-corrected chi connectivity index (χ3v) is 4.33. The van der Waals surface area contributed by atoms with Gasteiger partial charge in [0.05, 0.1) is 6.10 Å². The molecule has 0 amide bonds. The Morgan fingerprint density at radius 1 is 1.20 bits per heavy atom. The normalized spacial score (nSPS) is 26.9. The van der Waals surface area contributed by atoms with Gasteiger partial charge in [0.25, 0.3) is 0 Å². The number of nitrogens with zero attached hydrogens (tertiary/aromatic N) is 1. The summed E-state index contributed by atoms with van der Waals surface area (Å²) in [4.78, 5) is 2.54. The first-order chi connectivity index (χ1) is 9.63. The van der Waals surface area contributed by atoms with Crippen LogP contribution >= 0.6 is 0 Å². The van der Waals surface area contributed by atoms with Crippen molar-refractivity contribution in [3.8, 4) is 5.75 Å². The molecule has 2 atom stereocenters. The van der Waals surface area contributed by atoms with E-state index >= 15 is 0 Å². The van der Waals surface area contributed by atoms with Crippen LogP contribution in [0.15, 0.2) is 24.3 Å². The topological polar surface area (TPSA) is 24.5 Å². The summed E-state index contributed by atoms with van der Waals surface area (Å²) in [6.45, 7) is 8.65. The van der Waals surface area contributed by atoms with Crippen LogP contribution in [0.25, 0.3) is 0 Å². The van der Waals surface area contributed by atoms with E-state index in [1.54, 1.807) is 0 Å². The molecular formula is C17H26N2O. The SMILES string of the molecule is CC(C)Oc1ccc(N2CC(C3CC3)NCC2C)cc1. The number of benzene rings is 1. The lowest BCUT2D eigenvalue weighted by Gasteiger charge is -2.40. The molecule has 1 saturated carbocycles. The second-order valence-electron chi connectivity index (χ2n) is 6.51. The lowest BCUT2D eigenvalue weighted by atomic mass is 10.1. The molecule has 1 aliphatic carbocycles. The molecule has 1 aliphatic heterocycles. The zero-order valence-electron chi connectivity index (χ0n) is 12.8. The number of hydrogen-bond donors (Lipinski definition) is 1. The molecule has 0 radical (unpaired) electrons. The fraction of sp³-hybridized carbons (Fsp3) is 0.647. The summed E-state index contributed by atoms with van der Waals surface area (Å²) in [7, 11) is 0. The van der Waals surface area contributed by atoms with Crippen LogP contribution in [0.2, 0.25) is 0 Å². The molecule has 0 bridgehead atoms. The predicted octanol–water partition coefficient (Wildman–Crippen LogP) is 3.05. The van der Waals surface area contributed by atoms with Crippen molar-refractivity contribution in [1.29, 1.82) is 0 Å². The molecule has 2 fully saturated rings. The molecule has 3 rings (SSSR count). The number of piperazine rings is 1. The largest absolute Gasteiger partial charge is 0.491 e. The van der Waals surface area contributed by atoms with Gasteiger partial charge >= 0.3 is 0 Å². The Balaban J connectivity index is 1.69. The van der Waals surface area contributed by atoms with Gasteiger partial charge < -0.3 is 15.0 Å². The molecule has 1 heterocycles. The molecule has 0 spiro atoms. The van der Waals surface area contributed by atoms with Gasteiger partial charge in [-0.25, -0.2) is 0 Å². The van der Waals surface area contributed by atoms with Crippen molar-refractivity contribution in [3.63, 3.8) is 0 Å². The Hall–Kier alpha value is -1.22. The Labute approximate surface area is 122 Å². The number of nitrogens with one attached hydrogen (secondary N) is 1. The van der Waals surface area contributed by atoms with Crippen LogP contribution < -0.4 is 15.0 Å². The fourth-order valence-electron chi connectivity index (χ4n) is 3.05. The Morgan fingerprint density at radius 2 is 1.90 bits per heavy atom. The Kier molecular flexibility index (Phi) is 3.88. The smallest absolute Gasteiger partial charge is 0.119 e. The van der Waals surface area contributed by atoms with Crippen molar-refractivity contribution in [1.82, 2.24) is 5.32 Å². The average Bonchev–Trinajstić information content (AvgIpc) is 3.24. The molecule has 110 valence electrons. The molecule has 3 heteroatoms. The van der Waals surface area contributed by atoms with Gasteiger partial charge in [0.2, 0.25) is 0 Å². The van der Waals surface area contributed by atoms with Crippen LogP contribution in [0.1, 0.15) is 33.6 Å². The monoisotopic (exact) mass is 274 g/mol. The summed E-state index contributed by atoms with van der Waals surface area (Å²) in [6.07, 6.45) is 3.04. The van der Waals surface area contributed by atoms with Gasteiger partial charge in [-0.1, -0.05) is 0 Å². The summed E-state index contributed by atoms with van der Waals surface area (Å²) in [6, 6.07) is 9.82. The van der Waals surface area contributed by atoms with Crippen molar-refractivity contribution in [2.45, 2.75) is 51.8 Å². The maximum atomic E-state index is 5.72. The number of rotatable bonds is 4. The van der Waals surface area contributed by atoms with Crippen molar-refractivity contribution < 1.29 is 4.74 Å². The zero-order valence-corrected chi connectivity index (χ0v) is 12.8. The van der Waals surface area contributed by atoms with E-state index < -0.39 is 0 Å². The molecule has 1 saturated heterocycles. The van der Waals surface area contributed by atoms with Crippen LogP contribution in [0.3, 0.4) is 0 Å².